The third-order valence-corrected chi connectivity index (χ3v) is 3.11. The molecule has 1 heterocycles. The number of rotatable bonds is 3. The van der Waals surface area contributed by atoms with Crippen molar-refractivity contribution in [2.45, 2.75) is 12.5 Å². The Labute approximate surface area is 105 Å². The predicted octanol–water partition coefficient (Wildman–Crippen LogP) is 1.03. The van der Waals surface area contributed by atoms with Crippen LogP contribution in [0, 0.1) is 0 Å². The van der Waals surface area contributed by atoms with Gasteiger partial charge < -0.3 is 15.3 Å². The van der Waals surface area contributed by atoms with Gasteiger partial charge in [0.2, 0.25) is 5.91 Å². The van der Waals surface area contributed by atoms with Gasteiger partial charge in [-0.15, -0.1) is 0 Å². The zero-order valence-electron chi connectivity index (χ0n) is 9.40. The second-order valence-electron chi connectivity index (χ2n) is 3.99. The molecule has 1 aromatic carbocycles. The highest BCUT2D eigenvalue weighted by atomic mass is 35.5. The smallest absolute Gasteiger partial charge is 0.242 e. The van der Waals surface area contributed by atoms with Crippen molar-refractivity contribution in [1.82, 2.24) is 5.32 Å². The van der Waals surface area contributed by atoms with Crippen molar-refractivity contribution in [3.05, 3.63) is 29.3 Å². The van der Waals surface area contributed by atoms with E-state index in [0.29, 0.717) is 18.0 Å². The van der Waals surface area contributed by atoms with Crippen LogP contribution in [-0.4, -0.2) is 36.8 Å². The fourth-order valence-corrected chi connectivity index (χ4v) is 2.27. The molecule has 0 aliphatic carbocycles. The quantitative estimate of drug-likeness (QED) is 0.847. The van der Waals surface area contributed by atoms with Crippen molar-refractivity contribution < 1.29 is 9.90 Å². The lowest BCUT2D eigenvalue weighted by atomic mass is 10.1. The molecule has 0 radical (unpaired) electrons. The maximum atomic E-state index is 11.8. The molecule has 1 amide bonds. The van der Waals surface area contributed by atoms with Crippen molar-refractivity contribution >= 4 is 23.2 Å². The molecule has 92 valence electrons. The molecular formula is C12H15ClN2O2. The number of aliphatic hydroxyl groups is 1. The third-order valence-electron chi connectivity index (χ3n) is 2.87. The van der Waals surface area contributed by atoms with E-state index in [-0.39, 0.29) is 18.6 Å². The number of piperazine rings is 1. The van der Waals surface area contributed by atoms with Crippen LogP contribution < -0.4 is 10.2 Å². The summed E-state index contributed by atoms with van der Waals surface area (Å²) in [6.07, 6.45) is 0.429. The SMILES string of the molecule is O=C1NCCN(c2cccc(Cl)c2)C1CCO. The molecule has 5 heteroatoms. The summed E-state index contributed by atoms with van der Waals surface area (Å²) in [4.78, 5) is 13.7. The summed E-state index contributed by atoms with van der Waals surface area (Å²) in [6.45, 7) is 1.35. The summed E-state index contributed by atoms with van der Waals surface area (Å²) < 4.78 is 0. The normalized spacial score (nSPS) is 20.2. The third kappa shape index (κ3) is 2.70. The molecule has 1 fully saturated rings. The van der Waals surface area contributed by atoms with E-state index < -0.39 is 0 Å². The van der Waals surface area contributed by atoms with Gasteiger partial charge in [-0.2, -0.15) is 0 Å². The average Bonchev–Trinajstić information content (AvgIpc) is 2.32. The lowest BCUT2D eigenvalue weighted by Gasteiger charge is -2.36. The van der Waals surface area contributed by atoms with Crippen LogP contribution in [0.4, 0.5) is 5.69 Å². The Kier molecular flexibility index (Phi) is 3.86. The highest BCUT2D eigenvalue weighted by Gasteiger charge is 2.29. The summed E-state index contributed by atoms with van der Waals surface area (Å²) in [5.74, 6) is -0.0368. The first-order chi connectivity index (χ1) is 8.22. The minimum atomic E-state index is -0.313. The number of nitrogens with zero attached hydrogens (tertiary/aromatic N) is 1. The maximum Gasteiger partial charge on any atom is 0.242 e. The number of aliphatic hydroxyl groups excluding tert-OH is 1. The van der Waals surface area contributed by atoms with Gasteiger partial charge in [-0.25, -0.2) is 0 Å². The minimum absolute atomic E-state index is 0.00481. The van der Waals surface area contributed by atoms with Crippen LogP contribution in [-0.2, 0) is 4.79 Å². The van der Waals surface area contributed by atoms with E-state index in [4.69, 9.17) is 16.7 Å². The first-order valence-electron chi connectivity index (χ1n) is 5.63. The maximum absolute atomic E-state index is 11.8. The molecule has 2 rings (SSSR count). The Morgan fingerprint density at radius 2 is 2.35 bits per heavy atom. The van der Waals surface area contributed by atoms with Gasteiger partial charge in [0, 0.05) is 30.4 Å². The molecule has 1 aromatic rings. The zero-order valence-corrected chi connectivity index (χ0v) is 10.2. The number of amides is 1. The highest BCUT2D eigenvalue weighted by molar-refractivity contribution is 6.30. The van der Waals surface area contributed by atoms with Crippen molar-refractivity contribution in [2.24, 2.45) is 0 Å². The number of halogens is 1. The van der Waals surface area contributed by atoms with Gasteiger partial charge in [-0.1, -0.05) is 17.7 Å². The molecule has 1 aliphatic rings. The second-order valence-corrected chi connectivity index (χ2v) is 4.43. The molecule has 2 N–H and O–H groups in total. The van der Waals surface area contributed by atoms with Crippen LogP contribution in [0.1, 0.15) is 6.42 Å². The van der Waals surface area contributed by atoms with E-state index in [0.717, 1.165) is 12.2 Å². The number of nitrogens with one attached hydrogen (secondary N) is 1. The number of carbonyl (C=O) groups is 1. The molecule has 0 saturated carbocycles. The molecule has 0 spiro atoms. The molecule has 1 unspecified atom stereocenters. The molecule has 1 aliphatic heterocycles. The summed E-state index contributed by atoms with van der Waals surface area (Å²) in [6, 6.07) is 7.11. The molecule has 1 atom stereocenters. The first kappa shape index (κ1) is 12.2. The summed E-state index contributed by atoms with van der Waals surface area (Å²) in [5.41, 5.74) is 0.922. The molecule has 17 heavy (non-hydrogen) atoms. The lowest BCUT2D eigenvalue weighted by Crippen LogP contribution is -2.55. The fraction of sp³-hybridized carbons (Fsp3) is 0.417. The zero-order chi connectivity index (χ0) is 12.3. The molecule has 0 bridgehead atoms. The number of anilines is 1. The number of hydrogen-bond donors (Lipinski definition) is 2. The molecule has 1 saturated heterocycles. The van der Waals surface area contributed by atoms with Crippen LogP contribution in [0.5, 0.6) is 0 Å². The van der Waals surface area contributed by atoms with E-state index >= 15 is 0 Å². The van der Waals surface area contributed by atoms with Crippen LogP contribution >= 0.6 is 11.6 Å². The van der Waals surface area contributed by atoms with Crippen LogP contribution in [0.15, 0.2) is 24.3 Å². The van der Waals surface area contributed by atoms with Gasteiger partial charge in [0.25, 0.3) is 0 Å². The van der Waals surface area contributed by atoms with E-state index in [9.17, 15) is 4.79 Å². The van der Waals surface area contributed by atoms with Gasteiger partial charge in [-0.3, -0.25) is 4.79 Å². The fourth-order valence-electron chi connectivity index (χ4n) is 2.09. The molecule has 4 nitrogen and oxygen atoms in total. The summed E-state index contributed by atoms with van der Waals surface area (Å²) in [5, 5.41) is 12.5. The topological polar surface area (TPSA) is 52.6 Å². The number of hydrogen-bond acceptors (Lipinski definition) is 3. The Morgan fingerprint density at radius 1 is 1.53 bits per heavy atom. The van der Waals surface area contributed by atoms with E-state index in [2.05, 4.69) is 5.32 Å². The van der Waals surface area contributed by atoms with Gasteiger partial charge in [0.05, 0.1) is 0 Å². The summed E-state index contributed by atoms with van der Waals surface area (Å²) >= 11 is 5.95. The standard InChI is InChI=1S/C12H15ClN2O2/c13-9-2-1-3-10(8-9)15-6-5-14-12(17)11(15)4-7-16/h1-3,8,11,16H,4-7H2,(H,14,17). The van der Waals surface area contributed by atoms with Crippen LogP contribution in [0.3, 0.4) is 0 Å². The molecular weight excluding hydrogens is 240 g/mol. The Balaban J connectivity index is 2.24. The van der Waals surface area contributed by atoms with Crippen molar-refractivity contribution in [1.29, 1.82) is 0 Å². The summed E-state index contributed by atoms with van der Waals surface area (Å²) in [7, 11) is 0. The minimum Gasteiger partial charge on any atom is -0.396 e. The van der Waals surface area contributed by atoms with Gasteiger partial charge in [-0.05, 0) is 24.6 Å². The van der Waals surface area contributed by atoms with E-state index in [1.54, 1.807) is 6.07 Å². The number of benzene rings is 1. The van der Waals surface area contributed by atoms with Crippen molar-refractivity contribution in [2.75, 3.05) is 24.6 Å². The van der Waals surface area contributed by atoms with Crippen molar-refractivity contribution in [3.63, 3.8) is 0 Å². The van der Waals surface area contributed by atoms with Gasteiger partial charge in [0.1, 0.15) is 6.04 Å². The Morgan fingerprint density at radius 3 is 3.06 bits per heavy atom. The van der Waals surface area contributed by atoms with Crippen LogP contribution in [0.25, 0.3) is 0 Å². The largest absolute Gasteiger partial charge is 0.396 e. The second kappa shape index (κ2) is 5.38. The molecule has 0 aromatic heterocycles. The first-order valence-corrected chi connectivity index (χ1v) is 6.01. The lowest BCUT2D eigenvalue weighted by molar-refractivity contribution is -0.123. The van der Waals surface area contributed by atoms with E-state index in [1.807, 2.05) is 23.1 Å². The average molecular weight is 255 g/mol. The Bertz CT molecular complexity index is 411. The Hall–Kier alpha value is -1.26. The monoisotopic (exact) mass is 254 g/mol. The predicted molar refractivity (Wildman–Crippen MR) is 67.3 cm³/mol. The number of carbonyl (C=O) groups excluding carboxylic acids is 1. The highest BCUT2D eigenvalue weighted by Crippen LogP contribution is 2.23. The van der Waals surface area contributed by atoms with Gasteiger partial charge >= 0.3 is 0 Å². The van der Waals surface area contributed by atoms with Crippen LogP contribution in [0.2, 0.25) is 5.02 Å². The van der Waals surface area contributed by atoms with Crippen molar-refractivity contribution in [3.8, 4) is 0 Å². The van der Waals surface area contributed by atoms with Gasteiger partial charge in [0.15, 0.2) is 0 Å². The van der Waals surface area contributed by atoms with E-state index in [1.165, 1.54) is 0 Å².